The molecule has 1 aromatic rings. The van der Waals surface area contributed by atoms with E-state index in [4.69, 9.17) is 4.74 Å². The largest absolute Gasteiger partial charge is 0.496 e. The van der Waals surface area contributed by atoms with Crippen LogP contribution in [0.2, 0.25) is 0 Å². The first-order chi connectivity index (χ1) is 11.0. The smallest absolute Gasteiger partial charge is 0.220 e. The minimum Gasteiger partial charge on any atom is -0.496 e. The Morgan fingerprint density at radius 2 is 2.12 bits per heavy atom. The zero-order valence-electron chi connectivity index (χ0n) is 13.4. The number of hydrogen-bond donors (Lipinski definition) is 3. The summed E-state index contributed by atoms with van der Waals surface area (Å²) in [4.78, 5) is 24.1. The van der Waals surface area contributed by atoms with Crippen molar-refractivity contribution < 1.29 is 19.4 Å². The summed E-state index contributed by atoms with van der Waals surface area (Å²) in [6.07, 6.45) is -0.197. The third-order valence-corrected chi connectivity index (χ3v) is 4.40. The number of rotatable bonds is 7. The molecule has 0 aliphatic carbocycles. The molecule has 1 aromatic carbocycles. The SMILES string of the molecule is COc1ccc(Br)cc1C(=O)CCC(=O)NCC1CNCC1O.Cl. The maximum atomic E-state index is 12.3. The standard InChI is InChI=1S/C16H21BrN2O4.ClH/c1-23-15-4-2-11(17)6-12(15)13(20)3-5-16(22)19-8-10-7-18-9-14(10)21;/h2,4,6,10,14,18,21H,3,5,7-9H2,1H3,(H,19,22);1H. The van der Waals surface area contributed by atoms with Crippen LogP contribution >= 0.6 is 28.3 Å². The van der Waals surface area contributed by atoms with Crippen LogP contribution in [0, 0.1) is 5.92 Å². The van der Waals surface area contributed by atoms with E-state index < -0.39 is 6.10 Å². The number of halogens is 2. The second kappa shape index (κ2) is 9.98. The van der Waals surface area contributed by atoms with Crippen LogP contribution in [0.5, 0.6) is 5.75 Å². The maximum absolute atomic E-state index is 12.3. The van der Waals surface area contributed by atoms with Crippen molar-refractivity contribution in [1.29, 1.82) is 0 Å². The molecule has 0 aromatic heterocycles. The Balaban J connectivity index is 0.00000288. The van der Waals surface area contributed by atoms with E-state index in [2.05, 4.69) is 26.6 Å². The Kier molecular flexibility index (Phi) is 8.69. The highest BCUT2D eigenvalue weighted by molar-refractivity contribution is 9.10. The fraction of sp³-hybridized carbons (Fsp3) is 0.500. The first-order valence-electron chi connectivity index (χ1n) is 7.53. The van der Waals surface area contributed by atoms with Gasteiger partial charge in [0.1, 0.15) is 5.75 Å². The number of methoxy groups -OCH3 is 1. The average Bonchev–Trinajstić information content (AvgIpc) is 2.95. The van der Waals surface area contributed by atoms with Crippen molar-refractivity contribution in [3.8, 4) is 5.75 Å². The Morgan fingerprint density at radius 3 is 2.75 bits per heavy atom. The average molecular weight is 422 g/mol. The van der Waals surface area contributed by atoms with Gasteiger partial charge in [-0.05, 0) is 18.2 Å². The minimum absolute atomic E-state index is 0. The highest BCUT2D eigenvalue weighted by Gasteiger charge is 2.25. The summed E-state index contributed by atoms with van der Waals surface area (Å²) in [5.74, 6) is 0.200. The van der Waals surface area contributed by atoms with E-state index >= 15 is 0 Å². The van der Waals surface area contributed by atoms with Crippen LogP contribution in [0.3, 0.4) is 0 Å². The highest BCUT2D eigenvalue weighted by atomic mass is 79.9. The Bertz CT molecular complexity index is 585. The summed E-state index contributed by atoms with van der Waals surface area (Å²) in [7, 11) is 1.51. The molecule has 1 heterocycles. The van der Waals surface area contributed by atoms with Crippen LogP contribution < -0.4 is 15.4 Å². The van der Waals surface area contributed by atoms with Gasteiger partial charge in [0.25, 0.3) is 0 Å². The summed E-state index contributed by atoms with van der Waals surface area (Å²) in [5.41, 5.74) is 0.463. The fourth-order valence-corrected chi connectivity index (χ4v) is 2.88. The van der Waals surface area contributed by atoms with E-state index in [1.807, 2.05) is 0 Å². The number of hydrogen-bond acceptors (Lipinski definition) is 5. The lowest BCUT2D eigenvalue weighted by Gasteiger charge is -2.14. The molecule has 2 atom stereocenters. The van der Waals surface area contributed by atoms with E-state index in [1.165, 1.54) is 7.11 Å². The molecule has 134 valence electrons. The van der Waals surface area contributed by atoms with Crippen LogP contribution in [0.4, 0.5) is 0 Å². The first-order valence-corrected chi connectivity index (χ1v) is 8.32. The van der Waals surface area contributed by atoms with Crippen molar-refractivity contribution in [2.75, 3.05) is 26.7 Å². The van der Waals surface area contributed by atoms with Gasteiger partial charge in [0, 0.05) is 42.9 Å². The van der Waals surface area contributed by atoms with E-state index in [9.17, 15) is 14.7 Å². The van der Waals surface area contributed by atoms with Gasteiger partial charge >= 0.3 is 0 Å². The van der Waals surface area contributed by atoms with Gasteiger partial charge in [-0.3, -0.25) is 9.59 Å². The zero-order valence-corrected chi connectivity index (χ0v) is 15.8. The fourth-order valence-electron chi connectivity index (χ4n) is 2.52. The molecular weight excluding hydrogens is 400 g/mol. The summed E-state index contributed by atoms with van der Waals surface area (Å²) in [6, 6.07) is 5.20. The Labute approximate surface area is 155 Å². The molecule has 3 N–H and O–H groups in total. The molecule has 6 nitrogen and oxygen atoms in total. The van der Waals surface area contributed by atoms with Gasteiger partial charge in [0.15, 0.2) is 5.78 Å². The van der Waals surface area contributed by atoms with Gasteiger partial charge in [-0.1, -0.05) is 15.9 Å². The second-order valence-electron chi connectivity index (χ2n) is 5.56. The predicted molar refractivity (Wildman–Crippen MR) is 96.9 cm³/mol. The van der Waals surface area contributed by atoms with Crippen LogP contribution in [0.25, 0.3) is 0 Å². The molecule has 1 aliphatic rings. The molecule has 0 saturated carbocycles. The first kappa shape index (κ1) is 20.9. The van der Waals surface area contributed by atoms with Crippen molar-refractivity contribution in [3.05, 3.63) is 28.2 Å². The van der Waals surface area contributed by atoms with Crippen molar-refractivity contribution in [2.45, 2.75) is 18.9 Å². The number of benzene rings is 1. The molecule has 0 bridgehead atoms. The topological polar surface area (TPSA) is 87.7 Å². The third kappa shape index (κ3) is 5.73. The summed E-state index contributed by atoms with van der Waals surface area (Å²) in [6.45, 7) is 1.67. The molecular formula is C16H22BrClN2O4. The summed E-state index contributed by atoms with van der Waals surface area (Å²) in [5, 5.41) is 15.5. The summed E-state index contributed by atoms with van der Waals surface area (Å²) < 4.78 is 5.96. The molecule has 1 aliphatic heterocycles. The maximum Gasteiger partial charge on any atom is 0.220 e. The lowest BCUT2D eigenvalue weighted by Crippen LogP contribution is -2.34. The predicted octanol–water partition coefficient (Wildman–Crippen LogP) is 1.54. The van der Waals surface area contributed by atoms with Crippen molar-refractivity contribution in [2.24, 2.45) is 5.92 Å². The lowest BCUT2D eigenvalue weighted by molar-refractivity contribution is -0.121. The van der Waals surface area contributed by atoms with Crippen LogP contribution in [-0.4, -0.2) is 49.6 Å². The minimum atomic E-state index is -0.428. The Hall–Kier alpha value is -1.15. The van der Waals surface area contributed by atoms with Gasteiger partial charge in [0.05, 0.1) is 18.8 Å². The Morgan fingerprint density at radius 1 is 1.38 bits per heavy atom. The van der Waals surface area contributed by atoms with Crippen LogP contribution in [0.1, 0.15) is 23.2 Å². The molecule has 0 radical (unpaired) electrons. The molecule has 1 fully saturated rings. The van der Waals surface area contributed by atoms with Crippen molar-refractivity contribution in [1.82, 2.24) is 10.6 Å². The third-order valence-electron chi connectivity index (χ3n) is 3.91. The number of carbonyl (C=O) groups is 2. The number of Topliss-reactive ketones (excluding diaryl/α,β-unsaturated/α-hetero) is 1. The van der Waals surface area contributed by atoms with Gasteiger partial charge in [0.2, 0.25) is 5.91 Å². The quantitative estimate of drug-likeness (QED) is 0.581. The number of ketones is 1. The highest BCUT2D eigenvalue weighted by Crippen LogP contribution is 2.24. The van der Waals surface area contributed by atoms with Gasteiger partial charge < -0.3 is 20.5 Å². The van der Waals surface area contributed by atoms with E-state index in [1.54, 1.807) is 18.2 Å². The molecule has 8 heteroatoms. The number of aliphatic hydroxyl groups excluding tert-OH is 1. The molecule has 24 heavy (non-hydrogen) atoms. The van der Waals surface area contributed by atoms with Gasteiger partial charge in [-0.2, -0.15) is 0 Å². The molecule has 0 spiro atoms. The molecule has 1 amide bonds. The van der Waals surface area contributed by atoms with Crippen molar-refractivity contribution >= 4 is 40.0 Å². The number of amides is 1. The molecule has 2 unspecified atom stereocenters. The zero-order chi connectivity index (χ0) is 16.8. The van der Waals surface area contributed by atoms with Crippen LogP contribution in [-0.2, 0) is 4.79 Å². The van der Waals surface area contributed by atoms with Gasteiger partial charge in [-0.15, -0.1) is 12.4 Å². The van der Waals surface area contributed by atoms with Gasteiger partial charge in [-0.25, -0.2) is 0 Å². The number of aliphatic hydroxyl groups is 1. The number of β-amino-alcohol motifs (C(OH)–C–C–N with tert-alkyl or cyclic N) is 1. The van der Waals surface area contributed by atoms with Crippen LogP contribution in [0.15, 0.2) is 22.7 Å². The van der Waals surface area contributed by atoms with E-state index in [0.717, 1.165) is 4.47 Å². The summed E-state index contributed by atoms with van der Waals surface area (Å²) >= 11 is 3.33. The second-order valence-corrected chi connectivity index (χ2v) is 6.47. The van der Waals surface area contributed by atoms with Crippen molar-refractivity contribution in [3.63, 3.8) is 0 Å². The normalized spacial score (nSPS) is 19.5. The molecule has 2 rings (SSSR count). The number of ether oxygens (including phenoxy) is 1. The monoisotopic (exact) mass is 420 g/mol. The lowest BCUT2D eigenvalue weighted by atomic mass is 10.0. The number of nitrogens with one attached hydrogen (secondary N) is 2. The van der Waals surface area contributed by atoms with E-state index in [0.29, 0.717) is 30.9 Å². The number of carbonyl (C=O) groups excluding carboxylic acids is 2. The van der Waals surface area contributed by atoms with E-state index in [-0.39, 0.29) is 42.9 Å². The molecule has 1 saturated heterocycles.